The third kappa shape index (κ3) is 2.03. The van der Waals surface area contributed by atoms with Gasteiger partial charge in [-0.1, -0.05) is 20.8 Å². The molecule has 84 valence electrons. The van der Waals surface area contributed by atoms with E-state index < -0.39 is 14.5 Å². The molecule has 0 bridgehead atoms. The highest BCUT2D eigenvalue weighted by atomic mass is 35.5. The van der Waals surface area contributed by atoms with Gasteiger partial charge in [-0.05, 0) is 5.92 Å². The van der Waals surface area contributed by atoms with Gasteiger partial charge in [-0.15, -0.1) is 23.2 Å². The minimum absolute atomic E-state index is 0.0970. The minimum atomic E-state index is -3.95. The summed E-state index contributed by atoms with van der Waals surface area (Å²) in [6.07, 6.45) is 0. The molecular formula is C8H14Cl2O3S. The van der Waals surface area contributed by atoms with Gasteiger partial charge in [-0.25, -0.2) is 0 Å². The molecule has 1 saturated carbocycles. The van der Waals surface area contributed by atoms with E-state index in [1.807, 2.05) is 13.8 Å². The van der Waals surface area contributed by atoms with Crippen LogP contribution in [0, 0.1) is 17.3 Å². The van der Waals surface area contributed by atoms with Crippen LogP contribution < -0.4 is 0 Å². The Morgan fingerprint density at radius 2 is 1.79 bits per heavy atom. The molecule has 3 nitrogen and oxygen atoms in total. The van der Waals surface area contributed by atoms with Crippen molar-refractivity contribution in [2.24, 2.45) is 17.3 Å². The first-order valence-electron chi connectivity index (χ1n) is 4.33. The molecule has 0 spiro atoms. The summed E-state index contributed by atoms with van der Waals surface area (Å²) in [5.41, 5.74) is -0.291. The molecule has 2 unspecified atom stereocenters. The minimum Gasteiger partial charge on any atom is -0.286 e. The van der Waals surface area contributed by atoms with Crippen LogP contribution in [0.4, 0.5) is 0 Å². The van der Waals surface area contributed by atoms with Gasteiger partial charge in [0.15, 0.2) is 0 Å². The first-order valence-corrected chi connectivity index (χ1v) is 6.69. The number of halogens is 2. The topological polar surface area (TPSA) is 54.4 Å². The van der Waals surface area contributed by atoms with Crippen molar-refractivity contribution in [1.82, 2.24) is 0 Å². The van der Waals surface area contributed by atoms with Crippen LogP contribution in [0.3, 0.4) is 0 Å². The molecule has 0 aromatic heterocycles. The maximum absolute atomic E-state index is 10.7. The molecule has 2 atom stereocenters. The smallest absolute Gasteiger partial charge is 0.265 e. The van der Waals surface area contributed by atoms with Gasteiger partial charge in [0.25, 0.3) is 10.1 Å². The molecule has 0 heterocycles. The predicted octanol–water partition coefficient (Wildman–Crippen LogP) is 2.34. The van der Waals surface area contributed by atoms with Crippen molar-refractivity contribution in [3.63, 3.8) is 0 Å². The lowest BCUT2D eigenvalue weighted by Gasteiger charge is -2.09. The van der Waals surface area contributed by atoms with Crippen LogP contribution in [-0.4, -0.2) is 23.1 Å². The zero-order chi connectivity index (χ0) is 11.4. The van der Waals surface area contributed by atoms with Crippen LogP contribution in [0.25, 0.3) is 0 Å². The van der Waals surface area contributed by atoms with E-state index in [0.29, 0.717) is 0 Å². The summed E-state index contributed by atoms with van der Waals surface area (Å²) in [4.78, 5) is 0. The predicted molar refractivity (Wildman–Crippen MR) is 57.3 cm³/mol. The lowest BCUT2D eigenvalue weighted by Crippen LogP contribution is -2.17. The van der Waals surface area contributed by atoms with Crippen molar-refractivity contribution < 1.29 is 13.0 Å². The highest BCUT2D eigenvalue weighted by Crippen LogP contribution is 2.71. The van der Waals surface area contributed by atoms with Crippen LogP contribution in [-0.2, 0) is 10.1 Å². The van der Waals surface area contributed by atoms with Gasteiger partial charge in [0.05, 0.1) is 5.75 Å². The van der Waals surface area contributed by atoms with E-state index in [1.165, 1.54) is 0 Å². The molecule has 0 aromatic carbocycles. The molecule has 6 heteroatoms. The van der Waals surface area contributed by atoms with Gasteiger partial charge >= 0.3 is 0 Å². The second kappa shape index (κ2) is 3.24. The van der Waals surface area contributed by atoms with Gasteiger partial charge in [-0.2, -0.15) is 8.42 Å². The first-order chi connectivity index (χ1) is 6.00. The monoisotopic (exact) mass is 260 g/mol. The third-order valence-electron chi connectivity index (χ3n) is 2.99. The average molecular weight is 261 g/mol. The second-order valence-corrected chi connectivity index (χ2v) is 7.43. The second-order valence-electron chi connectivity index (χ2n) is 4.55. The molecule has 1 N–H and O–H groups in total. The number of hydrogen-bond acceptors (Lipinski definition) is 2. The fraction of sp³-hybridized carbons (Fsp3) is 1.00. The Hall–Kier alpha value is 0.490. The fourth-order valence-electron chi connectivity index (χ4n) is 2.19. The maximum atomic E-state index is 10.7. The van der Waals surface area contributed by atoms with Crippen molar-refractivity contribution in [3.8, 4) is 0 Å². The molecule has 1 fully saturated rings. The van der Waals surface area contributed by atoms with Crippen LogP contribution >= 0.6 is 23.2 Å². The summed E-state index contributed by atoms with van der Waals surface area (Å²) in [7, 11) is -3.95. The largest absolute Gasteiger partial charge is 0.286 e. The number of hydrogen-bond donors (Lipinski definition) is 1. The molecule has 1 rings (SSSR count). The third-order valence-corrected chi connectivity index (χ3v) is 5.38. The lowest BCUT2D eigenvalue weighted by molar-refractivity contribution is 0.425. The average Bonchev–Trinajstić information content (AvgIpc) is 2.17. The zero-order valence-corrected chi connectivity index (χ0v) is 10.6. The Labute approximate surface area is 94.5 Å². The Kier molecular flexibility index (Phi) is 2.91. The van der Waals surface area contributed by atoms with Crippen LogP contribution in [0.2, 0.25) is 0 Å². The Balaban J connectivity index is 2.72. The van der Waals surface area contributed by atoms with Gasteiger partial charge < -0.3 is 0 Å². The number of alkyl halides is 2. The molecule has 0 amide bonds. The van der Waals surface area contributed by atoms with Crippen LogP contribution in [0.1, 0.15) is 20.8 Å². The van der Waals surface area contributed by atoms with E-state index in [2.05, 4.69) is 0 Å². The summed E-state index contributed by atoms with van der Waals surface area (Å²) in [5.74, 6) is -0.627. The molecule has 1 aliphatic rings. The Morgan fingerprint density at radius 3 is 2.00 bits per heavy atom. The molecular weight excluding hydrogens is 247 g/mol. The SMILES string of the molecule is CC(CS(=O)(=O)O)C1C(C)(C)C1(Cl)Cl. The van der Waals surface area contributed by atoms with Gasteiger partial charge in [0.1, 0.15) is 4.33 Å². The summed E-state index contributed by atoms with van der Waals surface area (Å²) in [6, 6.07) is 0. The van der Waals surface area contributed by atoms with Crippen molar-refractivity contribution in [2.45, 2.75) is 25.1 Å². The highest BCUT2D eigenvalue weighted by molar-refractivity contribution is 7.85. The van der Waals surface area contributed by atoms with E-state index in [4.69, 9.17) is 27.8 Å². The fourth-order valence-corrected chi connectivity index (χ4v) is 4.15. The summed E-state index contributed by atoms with van der Waals surface area (Å²) in [5, 5.41) is 0. The highest BCUT2D eigenvalue weighted by Gasteiger charge is 2.71. The van der Waals surface area contributed by atoms with E-state index >= 15 is 0 Å². The number of rotatable bonds is 3. The van der Waals surface area contributed by atoms with E-state index in [1.54, 1.807) is 6.92 Å². The van der Waals surface area contributed by atoms with Crippen LogP contribution in [0.15, 0.2) is 0 Å². The van der Waals surface area contributed by atoms with Gasteiger partial charge in [-0.3, -0.25) is 4.55 Å². The van der Waals surface area contributed by atoms with Crippen molar-refractivity contribution in [3.05, 3.63) is 0 Å². The quantitative estimate of drug-likeness (QED) is 0.626. The standard InChI is InChI=1S/C8H14Cl2O3S/c1-5(4-14(11,12)13)6-7(2,3)8(6,9)10/h5-6H,4H2,1-3H3,(H,11,12,13). The van der Waals surface area contributed by atoms with E-state index in [9.17, 15) is 8.42 Å². The molecule has 0 saturated heterocycles. The summed E-state index contributed by atoms with van der Waals surface area (Å²) in [6.45, 7) is 5.50. The molecule has 0 radical (unpaired) electrons. The zero-order valence-electron chi connectivity index (χ0n) is 8.29. The van der Waals surface area contributed by atoms with E-state index in [-0.39, 0.29) is 23.0 Å². The first kappa shape index (κ1) is 12.6. The van der Waals surface area contributed by atoms with E-state index in [0.717, 1.165) is 0 Å². The normalized spacial score (nSPS) is 31.1. The lowest BCUT2D eigenvalue weighted by atomic mass is 10.0. The molecule has 14 heavy (non-hydrogen) atoms. The van der Waals surface area contributed by atoms with Gasteiger partial charge in [0.2, 0.25) is 0 Å². The van der Waals surface area contributed by atoms with Crippen molar-refractivity contribution in [1.29, 1.82) is 0 Å². The van der Waals surface area contributed by atoms with Crippen molar-refractivity contribution >= 4 is 33.3 Å². The Morgan fingerprint density at radius 1 is 1.43 bits per heavy atom. The maximum Gasteiger partial charge on any atom is 0.265 e. The van der Waals surface area contributed by atoms with Gasteiger partial charge in [0, 0.05) is 11.3 Å². The summed E-state index contributed by atoms with van der Waals surface area (Å²) < 4.78 is 29.1. The van der Waals surface area contributed by atoms with Crippen molar-refractivity contribution in [2.75, 3.05) is 5.75 Å². The van der Waals surface area contributed by atoms with Crippen LogP contribution in [0.5, 0.6) is 0 Å². The molecule has 1 aliphatic carbocycles. The molecule has 0 aromatic rings. The molecule has 0 aliphatic heterocycles. The Bertz CT molecular complexity index is 320. The summed E-state index contributed by atoms with van der Waals surface area (Å²) >= 11 is 12.0.